The summed E-state index contributed by atoms with van der Waals surface area (Å²) in [4.78, 5) is 36.4. The van der Waals surface area contributed by atoms with E-state index in [0.29, 0.717) is 19.7 Å². The van der Waals surface area contributed by atoms with E-state index in [1.54, 1.807) is 25.9 Å². The Labute approximate surface area is 118 Å². The van der Waals surface area contributed by atoms with Crippen LogP contribution in [-0.2, 0) is 19.1 Å². The second-order valence-electron chi connectivity index (χ2n) is 5.30. The molecule has 1 aliphatic heterocycles. The number of aliphatic carboxylic acids is 1. The molecule has 1 rings (SSSR count). The fraction of sp³-hybridized carbons (Fsp3) is 0.769. The summed E-state index contributed by atoms with van der Waals surface area (Å²) in [5.41, 5.74) is 0. The average Bonchev–Trinajstić information content (AvgIpc) is 2.73. The normalized spacial score (nSPS) is 20.3. The molecule has 1 heterocycles. The third-order valence-electron chi connectivity index (χ3n) is 3.38. The fourth-order valence-electron chi connectivity index (χ4n) is 2.15. The lowest BCUT2D eigenvalue weighted by atomic mass is 10.0. The van der Waals surface area contributed by atoms with Crippen LogP contribution in [0.5, 0.6) is 0 Å². The Bertz CT molecular complexity index is 383. The molecule has 0 aromatic heterocycles. The molecule has 114 valence electrons. The fourth-order valence-corrected chi connectivity index (χ4v) is 2.15. The minimum Gasteiger partial charge on any atom is -0.480 e. The number of likely N-dealkylation sites (tertiary alicyclic amines) is 1. The van der Waals surface area contributed by atoms with E-state index in [0.717, 1.165) is 0 Å². The lowest BCUT2D eigenvalue weighted by Crippen LogP contribution is -2.47. The van der Waals surface area contributed by atoms with Gasteiger partial charge < -0.3 is 20.1 Å². The smallest absolute Gasteiger partial charge is 0.326 e. The highest BCUT2D eigenvalue weighted by Gasteiger charge is 2.36. The highest BCUT2D eigenvalue weighted by atomic mass is 16.5. The van der Waals surface area contributed by atoms with Gasteiger partial charge in [0.05, 0.1) is 12.5 Å². The third-order valence-corrected chi connectivity index (χ3v) is 3.38. The third kappa shape index (κ3) is 4.19. The minimum atomic E-state index is -1.06. The molecule has 0 spiro atoms. The van der Waals surface area contributed by atoms with Crippen LogP contribution in [0.4, 0.5) is 0 Å². The number of rotatable bonds is 7. The molecule has 1 saturated heterocycles. The predicted molar refractivity (Wildman–Crippen MR) is 71.0 cm³/mol. The maximum atomic E-state index is 12.0. The molecule has 7 heteroatoms. The Morgan fingerprint density at radius 1 is 1.50 bits per heavy atom. The van der Waals surface area contributed by atoms with Crippen molar-refractivity contribution in [2.24, 2.45) is 11.8 Å². The summed E-state index contributed by atoms with van der Waals surface area (Å²) in [6, 6.07) is -0.925. The van der Waals surface area contributed by atoms with Crippen molar-refractivity contribution < 1.29 is 24.2 Å². The first-order chi connectivity index (χ1) is 9.36. The van der Waals surface area contributed by atoms with Gasteiger partial charge in [0.25, 0.3) is 0 Å². The SMILES string of the molecule is COCCN1CC(C(=O)N[C@@H](C(=O)O)C(C)C)CC1=O. The van der Waals surface area contributed by atoms with Crippen LogP contribution >= 0.6 is 0 Å². The molecule has 1 fully saturated rings. The molecule has 0 saturated carbocycles. The van der Waals surface area contributed by atoms with E-state index in [2.05, 4.69) is 5.32 Å². The summed E-state index contributed by atoms with van der Waals surface area (Å²) >= 11 is 0. The molecule has 0 aromatic carbocycles. The molecule has 2 amide bonds. The molecule has 7 nitrogen and oxygen atoms in total. The Balaban J connectivity index is 2.56. The minimum absolute atomic E-state index is 0.0985. The first-order valence-electron chi connectivity index (χ1n) is 6.66. The number of hydrogen-bond donors (Lipinski definition) is 2. The quantitative estimate of drug-likeness (QED) is 0.670. The van der Waals surface area contributed by atoms with E-state index < -0.39 is 17.9 Å². The van der Waals surface area contributed by atoms with Gasteiger partial charge in [-0.3, -0.25) is 9.59 Å². The molecule has 2 N–H and O–H groups in total. The van der Waals surface area contributed by atoms with Gasteiger partial charge in [-0.2, -0.15) is 0 Å². The van der Waals surface area contributed by atoms with Crippen LogP contribution in [0.25, 0.3) is 0 Å². The van der Waals surface area contributed by atoms with E-state index in [-0.39, 0.29) is 24.2 Å². The summed E-state index contributed by atoms with van der Waals surface area (Å²) in [5, 5.41) is 11.6. The van der Waals surface area contributed by atoms with Crippen molar-refractivity contribution in [3.05, 3.63) is 0 Å². The number of nitrogens with zero attached hydrogens (tertiary/aromatic N) is 1. The Kier molecular flexibility index (Phi) is 5.94. The molecule has 0 aromatic rings. The van der Waals surface area contributed by atoms with Crippen molar-refractivity contribution >= 4 is 17.8 Å². The maximum absolute atomic E-state index is 12.0. The molecule has 2 atom stereocenters. The molecule has 1 aliphatic rings. The van der Waals surface area contributed by atoms with E-state index >= 15 is 0 Å². The number of carboxylic acids is 1. The van der Waals surface area contributed by atoms with E-state index in [9.17, 15) is 14.4 Å². The highest BCUT2D eigenvalue weighted by Crippen LogP contribution is 2.18. The Morgan fingerprint density at radius 2 is 2.15 bits per heavy atom. The number of amides is 2. The molecule has 0 aliphatic carbocycles. The van der Waals surface area contributed by atoms with Gasteiger partial charge in [-0.1, -0.05) is 13.8 Å². The first-order valence-corrected chi connectivity index (χ1v) is 6.66. The van der Waals surface area contributed by atoms with Crippen molar-refractivity contribution in [1.82, 2.24) is 10.2 Å². The monoisotopic (exact) mass is 286 g/mol. The van der Waals surface area contributed by atoms with E-state index in [1.807, 2.05) is 0 Å². The first kappa shape index (κ1) is 16.4. The second kappa shape index (κ2) is 7.23. The Morgan fingerprint density at radius 3 is 2.65 bits per heavy atom. The average molecular weight is 286 g/mol. The van der Waals surface area contributed by atoms with Gasteiger partial charge in [0.2, 0.25) is 11.8 Å². The van der Waals surface area contributed by atoms with Crippen LogP contribution in [0.1, 0.15) is 20.3 Å². The zero-order valence-corrected chi connectivity index (χ0v) is 12.1. The van der Waals surface area contributed by atoms with Crippen LogP contribution in [0, 0.1) is 11.8 Å². The number of ether oxygens (including phenoxy) is 1. The summed E-state index contributed by atoms with van der Waals surface area (Å²) in [6.07, 6.45) is 0.125. The summed E-state index contributed by atoms with van der Waals surface area (Å²) in [6.45, 7) is 4.64. The van der Waals surface area contributed by atoms with Crippen molar-refractivity contribution in [3.63, 3.8) is 0 Å². The second-order valence-corrected chi connectivity index (χ2v) is 5.30. The van der Waals surface area contributed by atoms with Crippen molar-refractivity contribution in [3.8, 4) is 0 Å². The topological polar surface area (TPSA) is 95.9 Å². The van der Waals surface area contributed by atoms with Gasteiger partial charge in [0.15, 0.2) is 0 Å². The number of carboxylic acid groups (broad SMARTS) is 1. The Hall–Kier alpha value is -1.63. The van der Waals surface area contributed by atoms with Gasteiger partial charge in [0, 0.05) is 26.6 Å². The number of carbonyl (C=O) groups is 3. The van der Waals surface area contributed by atoms with Gasteiger partial charge in [-0.15, -0.1) is 0 Å². The van der Waals surface area contributed by atoms with Gasteiger partial charge >= 0.3 is 5.97 Å². The number of methoxy groups -OCH3 is 1. The maximum Gasteiger partial charge on any atom is 0.326 e. The van der Waals surface area contributed by atoms with Crippen molar-refractivity contribution in [2.45, 2.75) is 26.3 Å². The molecule has 0 bridgehead atoms. The van der Waals surface area contributed by atoms with Gasteiger partial charge in [-0.25, -0.2) is 4.79 Å². The highest BCUT2D eigenvalue weighted by molar-refractivity contribution is 5.91. The lowest BCUT2D eigenvalue weighted by molar-refractivity contribution is -0.143. The molecule has 1 unspecified atom stereocenters. The van der Waals surface area contributed by atoms with Crippen molar-refractivity contribution in [1.29, 1.82) is 0 Å². The van der Waals surface area contributed by atoms with Crippen LogP contribution in [0.15, 0.2) is 0 Å². The van der Waals surface area contributed by atoms with Crippen LogP contribution in [0.3, 0.4) is 0 Å². The molecule has 20 heavy (non-hydrogen) atoms. The summed E-state index contributed by atoms with van der Waals surface area (Å²) < 4.78 is 4.90. The number of hydrogen-bond acceptors (Lipinski definition) is 4. The van der Waals surface area contributed by atoms with E-state index in [1.165, 1.54) is 0 Å². The number of nitrogens with one attached hydrogen (secondary N) is 1. The standard InChI is InChI=1S/C13H22N2O5/c1-8(2)11(13(18)19)14-12(17)9-6-10(16)15(7-9)4-5-20-3/h8-9,11H,4-7H2,1-3H3,(H,14,17)(H,18,19)/t9?,11-/m1/s1. The summed E-state index contributed by atoms with van der Waals surface area (Å²) in [7, 11) is 1.55. The largest absolute Gasteiger partial charge is 0.480 e. The van der Waals surface area contributed by atoms with Crippen LogP contribution in [0.2, 0.25) is 0 Å². The lowest BCUT2D eigenvalue weighted by Gasteiger charge is -2.20. The summed E-state index contributed by atoms with van der Waals surface area (Å²) in [5.74, 6) is -2.23. The zero-order valence-electron chi connectivity index (χ0n) is 12.1. The van der Waals surface area contributed by atoms with E-state index in [4.69, 9.17) is 9.84 Å². The number of carbonyl (C=O) groups excluding carboxylic acids is 2. The molecular formula is C13H22N2O5. The predicted octanol–water partition coefficient (Wildman–Crippen LogP) is -0.293. The van der Waals surface area contributed by atoms with Crippen LogP contribution < -0.4 is 5.32 Å². The van der Waals surface area contributed by atoms with Crippen LogP contribution in [-0.4, -0.2) is 60.6 Å². The zero-order chi connectivity index (χ0) is 15.3. The van der Waals surface area contributed by atoms with Gasteiger partial charge in [0.1, 0.15) is 6.04 Å². The van der Waals surface area contributed by atoms with Gasteiger partial charge in [-0.05, 0) is 5.92 Å². The molecule has 0 radical (unpaired) electrons. The molecular weight excluding hydrogens is 264 g/mol. The van der Waals surface area contributed by atoms with Crippen molar-refractivity contribution in [2.75, 3.05) is 26.8 Å².